The number of ether oxygens (including phenoxy) is 2. The minimum atomic E-state index is -0.690. The Morgan fingerprint density at radius 3 is 2.65 bits per heavy atom. The van der Waals surface area contributed by atoms with Crippen molar-refractivity contribution in [2.24, 2.45) is 17.8 Å². The fourth-order valence-electron chi connectivity index (χ4n) is 4.14. The molecule has 0 aromatic rings. The van der Waals surface area contributed by atoms with Crippen LogP contribution < -0.4 is 0 Å². The largest absolute Gasteiger partial charge is 0.462 e. The first kappa shape index (κ1) is 18.9. The highest BCUT2D eigenvalue weighted by Crippen LogP contribution is 2.37. The van der Waals surface area contributed by atoms with Crippen LogP contribution in [0.5, 0.6) is 0 Å². The number of carbonyl (C=O) groups excluding carboxylic acids is 2. The quantitative estimate of drug-likeness (QED) is 0.575. The van der Waals surface area contributed by atoms with E-state index in [1.54, 1.807) is 0 Å². The maximum absolute atomic E-state index is 12.5. The Morgan fingerprint density at radius 1 is 1.15 bits per heavy atom. The van der Waals surface area contributed by atoms with Gasteiger partial charge in [0.05, 0.1) is 18.4 Å². The summed E-state index contributed by atoms with van der Waals surface area (Å²) < 4.78 is 11.2. The summed E-state index contributed by atoms with van der Waals surface area (Å²) in [6.07, 6.45) is 8.78. The van der Waals surface area contributed by atoms with E-state index in [1.807, 2.05) is 45.1 Å². The molecule has 0 amide bonds. The highest BCUT2D eigenvalue weighted by atomic mass is 16.5. The van der Waals surface area contributed by atoms with Crippen LogP contribution >= 0.6 is 0 Å². The molecule has 0 bridgehead atoms. The number of allylic oxidation sites excluding steroid dienone is 3. The van der Waals surface area contributed by atoms with Gasteiger partial charge in [-0.15, -0.1) is 0 Å². The molecule has 0 spiro atoms. The van der Waals surface area contributed by atoms with Gasteiger partial charge in [0.15, 0.2) is 0 Å². The van der Waals surface area contributed by atoms with Gasteiger partial charge >= 0.3 is 11.9 Å². The molecule has 26 heavy (non-hydrogen) atoms. The smallest absolute Gasteiger partial charge is 0.313 e. The number of fused-ring (bicyclic) bond motifs is 2. The summed E-state index contributed by atoms with van der Waals surface area (Å²) in [6, 6.07) is 0. The second kappa shape index (κ2) is 7.78. The van der Waals surface area contributed by atoms with Crippen LogP contribution in [0, 0.1) is 17.8 Å². The first-order chi connectivity index (χ1) is 12.4. The third-order valence-electron chi connectivity index (χ3n) is 5.66. The average Bonchev–Trinajstić information content (AvgIpc) is 2.71. The molecule has 1 aliphatic carbocycles. The van der Waals surface area contributed by atoms with Crippen LogP contribution in [0.3, 0.4) is 0 Å². The van der Waals surface area contributed by atoms with Gasteiger partial charge in [-0.25, -0.2) is 0 Å². The Morgan fingerprint density at radius 2 is 1.92 bits per heavy atom. The molecule has 2 fully saturated rings. The number of hydrogen-bond donors (Lipinski definition) is 1. The van der Waals surface area contributed by atoms with E-state index in [1.165, 1.54) is 0 Å². The lowest BCUT2D eigenvalue weighted by Crippen LogP contribution is -2.38. The van der Waals surface area contributed by atoms with Gasteiger partial charge in [0, 0.05) is 5.92 Å². The van der Waals surface area contributed by atoms with Gasteiger partial charge in [0.25, 0.3) is 0 Å². The number of cyclic esters (lactones) is 1. The molecule has 0 aromatic carbocycles. The monoisotopic (exact) mass is 360 g/mol. The van der Waals surface area contributed by atoms with Crippen molar-refractivity contribution in [1.29, 1.82) is 0 Å². The summed E-state index contributed by atoms with van der Waals surface area (Å²) in [5, 5.41) is 10.1. The molecule has 2 heterocycles. The lowest BCUT2D eigenvalue weighted by Gasteiger charge is -2.35. The molecular weight excluding hydrogens is 332 g/mol. The fourth-order valence-corrected chi connectivity index (χ4v) is 4.14. The number of aliphatic hydroxyl groups excluding tert-OH is 1. The summed E-state index contributed by atoms with van der Waals surface area (Å²) in [7, 11) is 0. The van der Waals surface area contributed by atoms with Gasteiger partial charge in [0.1, 0.15) is 12.2 Å². The van der Waals surface area contributed by atoms with Crippen LogP contribution in [0.15, 0.2) is 35.5 Å². The minimum absolute atomic E-state index is 0.0266. The summed E-state index contributed by atoms with van der Waals surface area (Å²) in [4.78, 5) is 24.5. The van der Waals surface area contributed by atoms with E-state index >= 15 is 0 Å². The predicted molar refractivity (Wildman–Crippen MR) is 97.0 cm³/mol. The predicted octanol–water partition coefficient (Wildman–Crippen LogP) is 3.09. The maximum atomic E-state index is 12.5. The van der Waals surface area contributed by atoms with Gasteiger partial charge in [-0.2, -0.15) is 0 Å². The normalized spacial score (nSPS) is 38.0. The number of aliphatic hydroxyl groups is 1. The standard InChI is InChI=1S/C21H28O5/c1-4-16-11-17-13(3)8-19-14(9-15(22)10-20(23)26-19)6-5-12(2)7-18(17)21(24)25-16/h5-8,14-19,22H,4,9-11H2,1-3H3/t14-,15+,16+,17-,18-,19+/m1/s1. The van der Waals surface area contributed by atoms with Crippen LogP contribution in [0.1, 0.15) is 46.5 Å². The van der Waals surface area contributed by atoms with Gasteiger partial charge < -0.3 is 14.6 Å². The molecule has 2 aliphatic heterocycles. The SMILES string of the molecule is CC[C@H]1C[C@@H]2C(C)=C[C@@H]3OC(=O)C[C@@H](O)C[C@H]3C=CC(C)=C[C@H]2C(=O)O1. The lowest BCUT2D eigenvalue weighted by atomic mass is 9.77. The van der Waals surface area contributed by atoms with Crippen LogP contribution in [-0.2, 0) is 19.1 Å². The molecule has 0 radical (unpaired) electrons. The molecule has 0 aromatic heterocycles. The molecular formula is C21H28O5. The van der Waals surface area contributed by atoms with E-state index in [9.17, 15) is 14.7 Å². The number of carbonyl (C=O) groups is 2. The van der Waals surface area contributed by atoms with E-state index < -0.39 is 12.2 Å². The molecule has 5 heteroatoms. The molecule has 5 nitrogen and oxygen atoms in total. The molecule has 6 atom stereocenters. The topological polar surface area (TPSA) is 72.8 Å². The third-order valence-corrected chi connectivity index (χ3v) is 5.66. The van der Waals surface area contributed by atoms with Crippen molar-refractivity contribution in [3.05, 3.63) is 35.5 Å². The number of rotatable bonds is 1. The third kappa shape index (κ3) is 4.09. The zero-order valence-electron chi connectivity index (χ0n) is 15.7. The highest BCUT2D eigenvalue weighted by Gasteiger charge is 2.39. The van der Waals surface area contributed by atoms with E-state index in [2.05, 4.69) is 0 Å². The average molecular weight is 360 g/mol. The van der Waals surface area contributed by atoms with Crippen molar-refractivity contribution in [2.75, 3.05) is 0 Å². The second-order valence-corrected chi connectivity index (χ2v) is 7.73. The molecule has 3 aliphatic rings. The summed E-state index contributed by atoms with van der Waals surface area (Å²) >= 11 is 0. The van der Waals surface area contributed by atoms with Gasteiger partial charge in [-0.1, -0.05) is 36.3 Å². The Hall–Kier alpha value is -1.88. The van der Waals surface area contributed by atoms with Gasteiger partial charge in [-0.3, -0.25) is 9.59 Å². The maximum Gasteiger partial charge on any atom is 0.313 e. The molecule has 0 unspecified atom stereocenters. The minimum Gasteiger partial charge on any atom is -0.462 e. The Labute approximate surface area is 154 Å². The van der Waals surface area contributed by atoms with Crippen molar-refractivity contribution in [1.82, 2.24) is 0 Å². The van der Waals surface area contributed by atoms with Gasteiger partial charge in [0.2, 0.25) is 0 Å². The highest BCUT2D eigenvalue weighted by molar-refractivity contribution is 5.77. The summed E-state index contributed by atoms with van der Waals surface area (Å²) in [5.41, 5.74) is 2.02. The van der Waals surface area contributed by atoms with Crippen LogP contribution in [0.4, 0.5) is 0 Å². The zero-order valence-corrected chi connectivity index (χ0v) is 15.7. The molecule has 3 rings (SSSR count). The Balaban J connectivity index is 2.01. The summed E-state index contributed by atoms with van der Waals surface area (Å²) in [6.45, 7) is 5.98. The van der Waals surface area contributed by atoms with Crippen molar-refractivity contribution >= 4 is 11.9 Å². The first-order valence-corrected chi connectivity index (χ1v) is 9.50. The van der Waals surface area contributed by atoms with E-state index in [0.717, 1.165) is 24.0 Å². The number of hydrogen-bond acceptors (Lipinski definition) is 5. The second-order valence-electron chi connectivity index (χ2n) is 7.73. The molecule has 2 saturated heterocycles. The first-order valence-electron chi connectivity index (χ1n) is 9.50. The van der Waals surface area contributed by atoms with Crippen LogP contribution in [-0.4, -0.2) is 35.4 Å². The number of esters is 2. The van der Waals surface area contributed by atoms with Crippen LogP contribution in [0.2, 0.25) is 0 Å². The van der Waals surface area contributed by atoms with E-state index in [0.29, 0.717) is 6.42 Å². The van der Waals surface area contributed by atoms with Crippen molar-refractivity contribution in [3.63, 3.8) is 0 Å². The van der Waals surface area contributed by atoms with Crippen molar-refractivity contribution in [3.8, 4) is 0 Å². The molecule has 0 saturated carbocycles. The van der Waals surface area contributed by atoms with Gasteiger partial charge in [-0.05, 0) is 45.1 Å². The van der Waals surface area contributed by atoms with Crippen molar-refractivity contribution < 1.29 is 24.2 Å². The zero-order chi connectivity index (χ0) is 18.8. The molecule has 142 valence electrons. The Bertz CT molecular complexity index is 659. The van der Waals surface area contributed by atoms with Crippen LogP contribution in [0.25, 0.3) is 0 Å². The summed E-state index contributed by atoms with van der Waals surface area (Å²) in [5.74, 6) is -0.918. The molecule has 1 N–H and O–H groups in total. The Kier molecular flexibility index (Phi) is 5.66. The fraction of sp³-hybridized carbons (Fsp3) is 0.619. The van der Waals surface area contributed by atoms with E-state index in [-0.39, 0.29) is 42.2 Å². The van der Waals surface area contributed by atoms with Crippen molar-refractivity contribution in [2.45, 2.75) is 64.8 Å². The lowest BCUT2D eigenvalue weighted by molar-refractivity contribution is -0.161. The van der Waals surface area contributed by atoms with E-state index in [4.69, 9.17) is 9.47 Å².